The zero-order valence-electron chi connectivity index (χ0n) is 16.4. The molecule has 2 aromatic heterocycles. The smallest absolute Gasteiger partial charge is 0.274 e. The van der Waals surface area contributed by atoms with E-state index in [1.54, 1.807) is 12.3 Å². The first-order chi connectivity index (χ1) is 14.6. The molecule has 2 amide bonds. The maximum Gasteiger partial charge on any atom is 0.274 e. The summed E-state index contributed by atoms with van der Waals surface area (Å²) in [6, 6.07) is 11.1. The van der Waals surface area contributed by atoms with Crippen LogP contribution in [0.5, 0.6) is 0 Å². The molecule has 1 aliphatic heterocycles. The molecule has 3 aromatic rings. The second-order valence-corrected chi connectivity index (χ2v) is 8.57. The average Bonchev–Trinajstić information content (AvgIpc) is 3.33. The monoisotopic (exact) mass is 423 g/mol. The van der Waals surface area contributed by atoms with Crippen LogP contribution < -0.4 is 10.2 Å². The molecule has 2 fully saturated rings. The first kappa shape index (κ1) is 19.1. The molecule has 2 N–H and O–H groups in total. The number of halogens is 1. The lowest BCUT2D eigenvalue weighted by Gasteiger charge is -2.36. The molecule has 1 aromatic carbocycles. The maximum absolute atomic E-state index is 13.3. The third-order valence-corrected chi connectivity index (χ3v) is 6.79. The van der Waals surface area contributed by atoms with Crippen LogP contribution in [0.3, 0.4) is 0 Å². The van der Waals surface area contributed by atoms with Crippen LogP contribution in [0.2, 0.25) is 5.02 Å². The predicted molar refractivity (Wildman–Crippen MR) is 114 cm³/mol. The second kappa shape index (κ2) is 7.40. The van der Waals surface area contributed by atoms with Gasteiger partial charge in [0.1, 0.15) is 5.52 Å². The summed E-state index contributed by atoms with van der Waals surface area (Å²) in [5, 5.41) is 10.6. The van der Waals surface area contributed by atoms with E-state index in [2.05, 4.69) is 20.5 Å². The highest BCUT2D eigenvalue weighted by Crippen LogP contribution is 2.46. The molecule has 2 aliphatic rings. The molecule has 7 nitrogen and oxygen atoms in total. The number of H-pyrrole nitrogens is 1. The molecule has 0 radical (unpaired) electrons. The largest absolute Gasteiger partial charge is 0.348 e. The van der Waals surface area contributed by atoms with Crippen LogP contribution >= 0.6 is 11.6 Å². The Kier molecular flexibility index (Phi) is 4.70. The molecule has 0 bridgehead atoms. The van der Waals surface area contributed by atoms with E-state index in [1.165, 1.54) is 0 Å². The van der Waals surface area contributed by atoms with Crippen molar-refractivity contribution >= 4 is 40.1 Å². The minimum absolute atomic E-state index is 0.0285. The number of carbonyl (C=O) groups is 2. The van der Waals surface area contributed by atoms with Crippen LogP contribution in [-0.4, -0.2) is 39.6 Å². The summed E-state index contributed by atoms with van der Waals surface area (Å²) in [6.45, 7) is 0.685. The topological polar surface area (TPSA) is 91.0 Å². The van der Waals surface area contributed by atoms with Crippen LogP contribution in [-0.2, 0) is 4.79 Å². The Bertz CT molecular complexity index is 1120. The highest BCUT2D eigenvalue weighted by atomic mass is 35.5. The third kappa shape index (κ3) is 3.13. The number of carbonyl (C=O) groups excluding carboxylic acids is 2. The van der Waals surface area contributed by atoms with Gasteiger partial charge >= 0.3 is 0 Å². The fraction of sp³-hybridized carbons (Fsp3) is 0.364. The lowest BCUT2D eigenvalue weighted by Crippen LogP contribution is -2.44. The minimum Gasteiger partial charge on any atom is -0.348 e. The number of benzene rings is 1. The maximum atomic E-state index is 13.3. The van der Waals surface area contributed by atoms with E-state index in [9.17, 15) is 9.59 Å². The van der Waals surface area contributed by atoms with Gasteiger partial charge in [0.25, 0.3) is 5.91 Å². The Hall–Kier alpha value is -2.93. The number of hydrogen-bond acceptors (Lipinski definition) is 4. The Labute approximate surface area is 178 Å². The number of anilines is 1. The Morgan fingerprint density at radius 1 is 1.17 bits per heavy atom. The molecule has 1 saturated heterocycles. The van der Waals surface area contributed by atoms with Crippen LogP contribution in [0.25, 0.3) is 11.0 Å². The predicted octanol–water partition coefficient (Wildman–Crippen LogP) is 3.71. The lowest BCUT2D eigenvalue weighted by atomic mass is 9.71. The fourth-order valence-electron chi connectivity index (χ4n) is 4.77. The summed E-state index contributed by atoms with van der Waals surface area (Å²) in [7, 11) is 0. The minimum atomic E-state index is -0.346. The molecule has 1 spiro atoms. The van der Waals surface area contributed by atoms with Gasteiger partial charge in [-0.25, -0.2) is 0 Å². The van der Waals surface area contributed by atoms with E-state index in [4.69, 9.17) is 11.6 Å². The number of fused-ring (bicyclic) bond motifs is 1. The highest BCUT2D eigenvalue weighted by Gasteiger charge is 2.49. The van der Waals surface area contributed by atoms with Gasteiger partial charge < -0.3 is 10.2 Å². The van der Waals surface area contributed by atoms with E-state index in [-0.39, 0.29) is 23.3 Å². The van der Waals surface area contributed by atoms with Gasteiger partial charge in [0.2, 0.25) is 5.91 Å². The Balaban J connectivity index is 1.25. The van der Waals surface area contributed by atoms with Crippen molar-refractivity contribution < 1.29 is 9.59 Å². The Morgan fingerprint density at radius 3 is 2.77 bits per heavy atom. The third-order valence-electron chi connectivity index (χ3n) is 6.47. The lowest BCUT2D eigenvalue weighted by molar-refractivity contribution is -0.127. The molecule has 1 aliphatic carbocycles. The van der Waals surface area contributed by atoms with Crippen LogP contribution in [0.4, 0.5) is 5.69 Å². The highest BCUT2D eigenvalue weighted by molar-refractivity contribution is 6.34. The van der Waals surface area contributed by atoms with Gasteiger partial charge in [-0.15, -0.1) is 0 Å². The number of para-hydroxylation sites is 1. The van der Waals surface area contributed by atoms with Gasteiger partial charge in [0.15, 0.2) is 5.69 Å². The molecule has 5 rings (SSSR count). The molecular weight excluding hydrogens is 402 g/mol. The normalized spacial score (nSPS) is 24.0. The van der Waals surface area contributed by atoms with Crippen molar-refractivity contribution in [3.63, 3.8) is 0 Å². The standard InChI is InChI=1S/C22H22ClN5O2/c23-15-4-1-2-6-17(15)28-13-11-22(21(28)30)9-7-14(8-10-22)25-20(29)19-18-16(26-27-19)5-3-12-24-18/h1-6,12,14H,7-11,13H2,(H,25,29)(H,26,27). The van der Waals surface area contributed by atoms with E-state index in [0.717, 1.165) is 43.3 Å². The SMILES string of the molecule is O=C(NC1CCC2(CC1)CCN(c1ccccc1Cl)C2=O)c1n[nH]c2cccnc12. The van der Waals surface area contributed by atoms with Gasteiger partial charge in [0, 0.05) is 18.8 Å². The first-order valence-corrected chi connectivity index (χ1v) is 10.6. The van der Waals surface area contributed by atoms with E-state index >= 15 is 0 Å². The molecule has 3 heterocycles. The van der Waals surface area contributed by atoms with Crippen LogP contribution in [0, 0.1) is 5.41 Å². The van der Waals surface area contributed by atoms with Gasteiger partial charge in [-0.1, -0.05) is 23.7 Å². The van der Waals surface area contributed by atoms with Gasteiger partial charge in [-0.3, -0.25) is 19.7 Å². The van der Waals surface area contributed by atoms with Gasteiger partial charge in [-0.2, -0.15) is 5.10 Å². The van der Waals surface area contributed by atoms with Gasteiger partial charge in [0.05, 0.1) is 21.6 Å². The summed E-state index contributed by atoms with van der Waals surface area (Å²) in [5.41, 5.74) is 2.06. The second-order valence-electron chi connectivity index (χ2n) is 8.16. The number of pyridine rings is 1. The number of aromatic nitrogens is 3. The number of nitrogens with zero attached hydrogens (tertiary/aromatic N) is 3. The number of hydrogen-bond donors (Lipinski definition) is 2. The Morgan fingerprint density at radius 2 is 1.97 bits per heavy atom. The molecule has 0 atom stereocenters. The van der Waals surface area contributed by atoms with Crippen molar-refractivity contribution in [3.05, 3.63) is 53.3 Å². The summed E-state index contributed by atoms with van der Waals surface area (Å²) in [6.07, 6.45) is 5.53. The van der Waals surface area contributed by atoms with E-state index in [1.807, 2.05) is 35.2 Å². The molecular formula is C22H22ClN5O2. The van der Waals surface area contributed by atoms with Crippen molar-refractivity contribution in [2.75, 3.05) is 11.4 Å². The average molecular weight is 424 g/mol. The van der Waals surface area contributed by atoms with Crippen LogP contribution in [0.1, 0.15) is 42.6 Å². The first-order valence-electron chi connectivity index (χ1n) is 10.2. The quantitative estimate of drug-likeness (QED) is 0.671. The van der Waals surface area contributed by atoms with Crippen molar-refractivity contribution in [1.82, 2.24) is 20.5 Å². The van der Waals surface area contributed by atoms with Crippen molar-refractivity contribution in [1.29, 1.82) is 0 Å². The number of amides is 2. The summed E-state index contributed by atoms with van der Waals surface area (Å²) < 4.78 is 0. The van der Waals surface area contributed by atoms with E-state index in [0.29, 0.717) is 22.8 Å². The molecule has 1 saturated carbocycles. The van der Waals surface area contributed by atoms with Crippen molar-refractivity contribution in [3.8, 4) is 0 Å². The number of nitrogens with one attached hydrogen (secondary N) is 2. The van der Waals surface area contributed by atoms with Crippen molar-refractivity contribution in [2.45, 2.75) is 38.1 Å². The van der Waals surface area contributed by atoms with Crippen LogP contribution in [0.15, 0.2) is 42.6 Å². The fourth-order valence-corrected chi connectivity index (χ4v) is 5.00. The van der Waals surface area contributed by atoms with E-state index < -0.39 is 0 Å². The van der Waals surface area contributed by atoms with Gasteiger partial charge in [-0.05, 0) is 56.4 Å². The summed E-state index contributed by atoms with van der Waals surface area (Å²) >= 11 is 6.31. The summed E-state index contributed by atoms with van der Waals surface area (Å²) in [5.74, 6) is -0.0702. The zero-order valence-corrected chi connectivity index (χ0v) is 17.2. The molecule has 0 unspecified atom stereocenters. The molecule has 154 valence electrons. The molecule has 30 heavy (non-hydrogen) atoms. The summed E-state index contributed by atoms with van der Waals surface area (Å²) in [4.78, 5) is 32.0. The zero-order chi connectivity index (χ0) is 20.7. The number of rotatable bonds is 3. The molecule has 8 heteroatoms. The van der Waals surface area contributed by atoms with Crippen molar-refractivity contribution in [2.24, 2.45) is 5.41 Å². The number of aromatic amines is 1.